The van der Waals surface area contributed by atoms with Gasteiger partial charge in [-0.25, -0.2) is 4.79 Å². The second kappa shape index (κ2) is 6.03. The maximum atomic E-state index is 11.8. The molecule has 1 aromatic heterocycles. The molecule has 0 spiro atoms. The van der Waals surface area contributed by atoms with Crippen molar-refractivity contribution < 1.29 is 9.53 Å². The topological polar surface area (TPSA) is 43.3 Å². The van der Waals surface area contributed by atoms with Gasteiger partial charge in [-0.15, -0.1) is 0 Å². The van der Waals surface area contributed by atoms with Crippen molar-refractivity contribution in [2.45, 2.75) is 53.2 Å². The van der Waals surface area contributed by atoms with Crippen LogP contribution in [0.3, 0.4) is 0 Å². The number of hydrogen-bond donors (Lipinski definition) is 1. The van der Waals surface area contributed by atoms with E-state index >= 15 is 0 Å². The molecule has 22 heavy (non-hydrogen) atoms. The molecule has 0 unspecified atom stereocenters. The molecule has 2 aromatic rings. The van der Waals surface area contributed by atoms with Crippen molar-refractivity contribution in [3.63, 3.8) is 0 Å². The lowest BCUT2D eigenvalue weighted by atomic mass is 10.1. The van der Waals surface area contributed by atoms with Gasteiger partial charge in [0.25, 0.3) is 0 Å². The van der Waals surface area contributed by atoms with Crippen LogP contribution in [0.5, 0.6) is 0 Å². The van der Waals surface area contributed by atoms with E-state index in [1.807, 2.05) is 20.8 Å². The molecule has 0 saturated carbocycles. The van der Waals surface area contributed by atoms with Gasteiger partial charge < -0.3 is 14.6 Å². The summed E-state index contributed by atoms with van der Waals surface area (Å²) in [5.41, 5.74) is 3.26. The summed E-state index contributed by atoms with van der Waals surface area (Å²) in [5, 5.41) is 4.10. The molecule has 0 aliphatic heterocycles. The fraction of sp³-hybridized carbons (Fsp3) is 0.500. The summed E-state index contributed by atoms with van der Waals surface area (Å²) in [6.07, 6.45) is 1.71. The van der Waals surface area contributed by atoms with Gasteiger partial charge >= 0.3 is 6.09 Å². The van der Waals surface area contributed by atoms with Crippen LogP contribution in [0.1, 0.15) is 44.9 Å². The molecular formula is C18H26N2O2. The van der Waals surface area contributed by atoms with Crippen LogP contribution in [-0.4, -0.2) is 22.8 Å². The Balaban J connectivity index is 2.10. The molecule has 1 amide bonds. The first-order valence-corrected chi connectivity index (χ1v) is 7.72. The highest BCUT2D eigenvalue weighted by Crippen LogP contribution is 2.24. The molecule has 1 aromatic carbocycles. The zero-order valence-electron chi connectivity index (χ0n) is 14.4. The van der Waals surface area contributed by atoms with E-state index in [9.17, 15) is 4.79 Å². The molecule has 4 nitrogen and oxygen atoms in total. The number of benzene rings is 1. The van der Waals surface area contributed by atoms with Crippen LogP contribution in [0.15, 0.2) is 24.4 Å². The normalized spacial score (nSPS) is 13.2. The highest BCUT2D eigenvalue weighted by atomic mass is 16.6. The van der Waals surface area contributed by atoms with Gasteiger partial charge in [0, 0.05) is 29.7 Å². The van der Waals surface area contributed by atoms with E-state index < -0.39 is 5.60 Å². The summed E-state index contributed by atoms with van der Waals surface area (Å²) in [4.78, 5) is 11.8. The average Bonchev–Trinajstić information content (AvgIpc) is 2.77. The number of alkyl carbamates (subject to hydrolysis) is 1. The number of fused-ring (bicyclic) bond motifs is 1. The van der Waals surface area contributed by atoms with E-state index in [0.29, 0.717) is 6.54 Å². The van der Waals surface area contributed by atoms with Crippen molar-refractivity contribution in [2.24, 2.45) is 0 Å². The lowest BCUT2D eigenvalue weighted by molar-refractivity contribution is 0.0521. The Bertz CT molecular complexity index is 680. The summed E-state index contributed by atoms with van der Waals surface area (Å²) in [6, 6.07) is 6.67. The van der Waals surface area contributed by atoms with E-state index in [-0.39, 0.29) is 12.1 Å². The molecule has 0 saturated heterocycles. The molecule has 0 radical (unpaired) electrons. The van der Waals surface area contributed by atoms with Gasteiger partial charge in [-0.05, 0) is 64.8 Å². The highest BCUT2D eigenvalue weighted by molar-refractivity contribution is 5.84. The van der Waals surface area contributed by atoms with Gasteiger partial charge in [-0.3, -0.25) is 0 Å². The predicted molar refractivity (Wildman–Crippen MR) is 90.4 cm³/mol. The monoisotopic (exact) mass is 302 g/mol. The Morgan fingerprint density at radius 2 is 2.00 bits per heavy atom. The number of nitrogens with one attached hydrogen (secondary N) is 1. The van der Waals surface area contributed by atoms with Crippen LogP contribution in [0, 0.1) is 13.8 Å². The minimum atomic E-state index is -0.471. The second-order valence-corrected chi connectivity index (χ2v) is 6.97. The summed E-state index contributed by atoms with van der Waals surface area (Å²) >= 11 is 0. The first kappa shape index (κ1) is 16.4. The van der Waals surface area contributed by atoms with Crippen molar-refractivity contribution in [3.05, 3.63) is 35.5 Å². The molecule has 1 atom stereocenters. The number of carbonyl (C=O) groups excluding carboxylic acids is 1. The van der Waals surface area contributed by atoms with E-state index in [0.717, 1.165) is 0 Å². The van der Waals surface area contributed by atoms with E-state index in [1.165, 1.54) is 22.0 Å². The van der Waals surface area contributed by atoms with Gasteiger partial charge in [0.2, 0.25) is 0 Å². The Morgan fingerprint density at radius 1 is 1.32 bits per heavy atom. The van der Waals surface area contributed by atoms with Crippen molar-refractivity contribution in [1.29, 1.82) is 0 Å². The van der Waals surface area contributed by atoms with E-state index in [4.69, 9.17) is 4.74 Å². The number of nitrogens with zero attached hydrogens (tertiary/aromatic N) is 1. The maximum Gasteiger partial charge on any atom is 0.407 e. The zero-order chi connectivity index (χ0) is 16.5. The largest absolute Gasteiger partial charge is 0.444 e. The van der Waals surface area contributed by atoms with Gasteiger partial charge in [0.15, 0.2) is 0 Å². The van der Waals surface area contributed by atoms with Crippen LogP contribution in [0.2, 0.25) is 0 Å². The molecule has 1 N–H and O–H groups in total. The molecule has 120 valence electrons. The third kappa shape index (κ3) is 3.81. The minimum absolute atomic E-state index is 0.159. The molecule has 0 aliphatic carbocycles. The maximum absolute atomic E-state index is 11.8. The fourth-order valence-corrected chi connectivity index (χ4v) is 2.65. The lowest BCUT2D eigenvalue weighted by Gasteiger charge is -2.21. The third-order valence-electron chi connectivity index (χ3n) is 3.60. The van der Waals surface area contributed by atoms with Crippen LogP contribution in [0.25, 0.3) is 10.9 Å². The van der Waals surface area contributed by atoms with E-state index in [1.54, 1.807) is 0 Å². The smallest absolute Gasteiger partial charge is 0.407 e. The number of ether oxygens (including phenoxy) is 1. The van der Waals surface area contributed by atoms with Crippen molar-refractivity contribution >= 4 is 17.0 Å². The first-order chi connectivity index (χ1) is 10.2. The Hall–Kier alpha value is -1.97. The number of aryl methyl sites for hydroxylation is 2. The molecule has 0 aliphatic rings. The number of aromatic nitrogens is 1. The van der Waals surface area contributed by atoms with Crippen LogP contribution in [-0.2, 0) is 4.74 Å². The fourth-order valence-electron chi connectivity index (χ4n) is 2.65. The van der Waals surface area contributed by atoms with Crippen molar-refractivity contribution in [3.8, 4) is 0 Å². The van der Waals surface area contributed by atoms with Gasteiger partial charge in [-0.1, -0.05) is 6.07 Å². The summed E-state index contributed by atoms with van der Waals surface area (Å²) in [6.45, 7) is 12.4. The van der Waals surface area contributed by atoms with Gasteiger partial charge in [-0.2, -0.15) is 0 Å². The van der Waals surface area contributed by atoms with Crippen LogP contribution in [0.4, 0.5) is 4.79 Å². The SMILES string of the molecule is Cc1cc(C)c2ccn([C@H](C)CNC(=O)OC(C)(C)C)c2c1. The standard InChI is InChI=1S/C18H26N2O2/c1-12-9-13(2)15-7-8-20(16(15)10-12)14(3)11-19-17(21)22-18(4,5)6/h7-10,14H,11H2,1-6H3,(H,19,21)/t14-/m1/s1. The summed E-state index contributed by atoms with van der Waals surface area (Å²) in [7, 11) is 0. The number of carbonyl (C=O) groups is 1. The minimum Gasteiger partial charge on any atom is -0.444 e. The summed E-state index contributed by atoms with van der Waals surface area (Å²) < 4.78 is 7.47. The van der Waals surface area contributed by atoms with E-state index in [2.05, 4.69) is 55.1 Å². The van der Waals surface area contributed by atoms with Gasteiger partial charge in [0.05, 0.1) is 0 Å². The number of hydrogen-bond acceptors (Lipinski definition) is 2. The lowest BCUT2D eigenvalue weighted by Crippen LogP contribution is -2.35. The van der Waals surface area contributed by atoms with Crippen molar-refractivity contribution in [2.75, 3.05) is 6.54 Å². The Kier molecular flexibility index (Phi) is 4.50. The number of amides is 1. The average molecular weight is 302 g/mol. The molecule has 1 heterocycles. The van der Waals surface area contributed by atoms with Gasteiger partial charge in [0.1, 0.15) is 5.60 Å². The molecular weight excluding hydrogens is 276 g/mol. The summed E-state index contributed by atoms with van der Waals surface area (Å²) in [5.74, 6) is 0. The third-order valence-corrected chi connectivity index (χ3v) is 3.60. The predicted octanol–water partition coefficient (Wildman–Crippen LogP) is 4.34. The van der Waals surface area contributed by atoms with Crippen LogP contribution >= 0.6 is 0 Å². The molecule has 0 bridgehead atoms. The first-order valence-electron chi connectivity index (χ1n) is 7.72. The molecule has 4 heteroatoms. The number of rotatable bonds is 3. The molecule has 0 fully saturated rings. The highest BCUT2D eigenvalue weighted by Gasteiger charge is 2.17. The zero-order valence-corrected chi connectivity index (χ0v) is 14.4. The Labute approximate surface area is 132 Å². The quantitative estimate of drug-likeness (QED) is 0.916. The molecule has 2 rings (SSSR count). The Morgan fingerprint density at radius 3 is 2.64 bits per heavy atom. The van der Waals surface area contributed by atoms with Crippen molar-refractivity contribution in [1.82, 2.24) is 9.88 Å². The van der Waals surface area contributed by atoms with Crippen LogP contribution < -0.4 is 5.32 Å². The second-order valence-electron chi connectivity index (χ2n) is 6.97.